The van der Waals surface area contributed by atoms with Crippen molar-refractivity contribution in [3.05, 3.63) is 52.1 Å². The van der Waals surface area contributed by atoms with Crippen molar-refractivity contribution in [3.8, 4) is 21.8 Å². The number of thiazole rings is 1. The van der Waals surface area contributed by atoms with Gasteiger partial charge in [-0.05, 0) is 17.7 Å². The fourth-order valence-corrected chi connectivity index (χ4v) is 2.89. The lowest BCUT2D eigenvalue weighted by Crippen LogP contribution is -1.93. The molecule has 0 N–H and O–H groups in total. The Morgan fingerprint density at radius 2 is 1.85 bits per heavy atom. The molecule has 2 aromatic heterocycles. The molecule has 0 radical (unpaired) electrons. The summed E-state index contributed by atoms with van der Waals surface area (Å²) in [6, 6.07) is 5.96. The first-order valence-electron chi connectivity index (χ1n) is 5.53. The first-order valence-corrected chi connectivity index (χ1v) is 7.16. The van der Waals surface area contributed by atoms with E-state index in [1.807, 2.05) is 0 Å². The molecule has 100 valence electrons. The summed E-state index contributed by atoms with van der Waals surface area (Å²) in [6.45, 7) is 0. The third-order valence-corrected chi connectivity index (χ3v) is 3.90. The third-order valence-electron chi connectivity index (χ3n) is 2.59. The van der Waals surface area contributed by atoms with Crippen LogP contribution in [0.15, 0.2) is 36.0 Å². The minimum atomic E-state index is -0.374. The van der Waals surface area contributed by atoms with E-state index >= 15 is 0 Å². The van der Waals surface area contributed by atoms with Crippen LogP contribution in [0.2, 0.25) is 10.3 Å². The highest BCUT2D eigenvalue weighted by molar-refractivity contribution is 7.13. The highest BCUT2D eigenvalue weighted by atomic mass is 35.5. The van der Waals surface area contributed by atoms with Gasteiger partial charge in [0.1, 0.15) is 16.1 Å². The molecule has 0 saturated carbocycles. The molecule has 0 amide bonds. The van der Waals surface area contributed by atoms with E-state index in [0.717, 1.165) is 4.88 Å². The zero-order valence-corrected chi connectivity index (χ0v) is 12.2. The van der Waals surface area contributed by atoms with Gasteiger partial charge in [-0.1, -0.05) is 35.3 Å². The second kappa shape index (κ2) is 5.44. The van der Waals surface area contributed by atoms with E-state index in [4.69, 9.17) is 23.2 Å². The van der Waals surface area contributed by atoms with E-state index in [0.29, 0.717) is 17.0 Å². The van der Waals surface area contributed by atoms with Crippen LogP contribution in [-0.2, 0) is 0 Å². The van der Waals surface area contributed by atoms with Gasteiger partial charge in [0.05, 0.1) is 16.0 Å². The second-order valence-electron chi connectivity index (χ2n) is 3.88. The molecule has 0 aliphatic carbocycles. The molecule has 3 rings (SSSR count). The summed E-state index contributed by atoms with van der Waals surface area (Å²) in [5, 5.41) is 0.359. The van der Waals surface area contributed by atoms with Gasteiger partial charge in [-0.2, -0.15) is 0 Å². The number of aromatic nitrogens is 3. The summed E-state index contributed by atoms with van der Waals surface area (Å²) in [6.07, 6.45) is 1.63. The fraction of sp³-hybridized carbons (Fsp3) is 0. The predicted octanol–water partition coefficient (Wildman–Crippen LogP) is 4.71. The first kappa shape index (κ1) is 13.4. The number of rotatable bonds is 2. The predicted molar refractivity (Wildman–Crippen MR) is 78.6 cm³/mol. The normalized spacial score (nSPS) is 10.8. The van der Waals surface area contributed by atoms with Crippen molar-refractivity contribution in [2.75, 3.05) is 0 Å². The van der Waals surface area contributed by atoms with E-state index in [1.165, 1.54) is 23.5 Å². The maximum Gasteiger partial charge on any atom is 0.174 e. The van der Waals surface area contributed by atoms with Crippen LogP contribution in [0.5, 0.6) is 0 Å². The molecule has 0 fully saturated rings. The second-order valence-corrected chi connectivity index (χ2v) is 5.48. The van der Waals surface area contributed by atoms with Crippen LogP contribution in [0.25, 0.3) is 21.8 Å². The summed E-state index contributed by atoms with van der Waals surface area (Å²) >= 11 is 13.7. The van der Waals surface area contributed by atoms with Crippen LogP contribution in [0.1, 0.15) is 0 Å². The molecular weight excluding hydrogens is 320 g/mol. The Morgan fingerprint density at radius 1 is 1.10 bits per heavy atom. The van der Waals surface area contributed by atoms with Gasteiger partial charge in [0.2, 0.25) is 0 Å². The standard InChI is InChI=1S/C13H6Cl2FN3S/c14-11-10(7-2-1-3-8(16)4-7)12(15)19-13(18-11)9-5-17-6-20-9/h1-6H. The molecule has 0 spiro atoms. The average Bonchev–Trinajstić information content (AvgIpc) is 2.91. The van der Waals surface area contributed by atoms with Gasteiger partial charge in [-0.25, -0.2) is 14.4 Å². The Labute approximate surface area is 128 Å². The van der Waals surface area contributed by atoms with Crippen molar-refractivity contribution in [2.45, 2.75) is 0 Å². The molecule has 2 heterocycles. The molecule has 0 saturated heterocycles. The van der Waals surface area contributed by atoms with Gasteiger partial charge in [0, 0.05) is 6.20 Å². The molecule has 1 aromatic carbocycles. The van der Waals surface area contributed by atoms with Crippen molar-refractivity contribution in [3.63, 3.8) is 0 Å². The van der Waals surface area contributed by atoms with Crippen LogP contribution < -0.4 is 0 Å². The highest BCUT2D eigenvalue weighted by Crippen LogP contribution is 2.34. The van der Waals surface area contributed by atoms with Crippen LogP contribution in [0, 0.1) is 5.82 Å². The first-order chi connectivity index (χ1) is 9.65. The minimum Gasteiger partial charge on any atom is -0.252 e. The summed E-state index contributed by atoms with van der Waals surface area (Å²) in [7, 11) is 0. The Morgan fingerprint density at radius 3 is 2.45 bits per heavy atom. The van der Waals surface area contributed by atoms with Crippen LogP contribution >= 0.6 is 34.5 Å². The lowest BCUT2D eigenvalue weighted by Gasteiger charge is -2.07. The molecule has 0 bridgehead atoms. The third kappa shape index (κ3) is 2.52. The van der Waals surface area contributed by atoms with Crippen molar-refractivity contribution in [2.24, 2.45) is 0 Å². The summed E-state index contributed by atoms with van der Waals surface area (Å²) in [5.41, 5.74) is 2.62. The van der Waals surface area contributed by atoms with Crippen LogP contribution in [0.3, 0.4) is 0 Å². The number of benzene rings is 1. The maximum absolute atomic E-state index is 13.3. The number of nitrogens with zero attached hydrogens (tertiary/aromatic N) is 3. The van der Waals surface area contributed by atoms with Crippen molar-refractivity contribution < 1.29 is 4.39 Å². The smallest absolute Gasteiger partial charge is 0.174 e. The monoisotopic (exact) mass is 325 g/mol. The highest BCUT2D eigenvalue weighted by Gasteiger charge is 2.15. The Balaban J connectivity index is 2.14. The quantitative estimate of drug-likeness (QED) is 0.640. The van der Waals surface area contributed by atoms with Gasteiger partial charge in [0.25, 0.3) is 0 Å². The minimum absolute atomic E-state index is 0.180. The Hall–Kier alpha value is -1.56. The Kier molecular flexibility index (Phi) is 3.65. The van der Waals surface area contributed by atoms with E-state index in [9.17, 15) is 4.39 Å². The average molecular weight is 326 g/mol. The van der Waals surface area contributed by atoms with E-state index < -0.39 is 0 Å². The van der Waals surface area contributed by atoms with E-state index in [-0.39, 0.29) is 16.1 Å². The summed E-state index contributed by atoms with van der Waals surface area (Å²) < 4.78 is 13.3. The molecule has 0 unspecified atom stereocenters. The lowest BCUT2D eigenvalue weighted by molar-refractivity contribution is 0.628. The fourth-order valence-electron chi connectivity index (χ4n) is 1.73. The number of halogens is 3. The largest absolute Gasteiger partial charge is 0.252 e. The summed E-state index contributed by atoms with van der Waals surface area (Å²) in [5.74, 6) is 0.0313. The van der Waals surface area contributed by atoms with Gasteiger partial charge in [-0.15, -0.1) is 11.3 Å². The van der Waals surface area contributed by atoms with E-state index in [2.05, 4.69) is 15.0 Å². The van der Waals surface area contributed by atoms with Gasteiger partial charge in [0.15, 0.2) is 5.82 Å². The van der Waals surface area contributed by atoms with Gasteiger partial charge < -0.3 is 0 Å². The topological polar surface area (TPSA) is 38.7 Å². The zero-order chi connectivity index (χ0) is 14.1. The molecule has 0 atom stereocenters. The van der Waals surface area contributed by atoms with Crippen molar-refractivity contribution in [1.29, 1.82) is 0 Å². The molecule has 3 nitrogen and oxygen atoms in total. The van der Waals surface area contributed by atoms with Crippen molar-refractivity contribution in [1.82, 2.24) is 15.0 Å². The SMILES string of the molecule is Fc1cccc(-c2c(Cl)nc(-c3cncs3)nc2Cl)c1. The molecule has 0 aliphatic rings. The zero-order valence-electron chi connectivity index (χ0n) is 9.85. The van der Waals surface area contributed by atoms with Crippen LogP contribution in [0.4, 0.5) is 4.39 Å². The number of hydrogen-bond donors (Lipinski definition) is 0. The molecule has 20 heavy (non-hydrogen) atoms. The van der Waals surface area contributed by atoms with E-state index in [1.54, 1.807) is 23.8 Å². The number of hydrogen-bond acceptors (Lipinski definition) is 4. The van der Waals surface area contributed by atoms with Crippen molar-refractivity contribution >= 4 is 34.5 Å². The van der Waals surface area contributed by atoms with Gasteiger partial charge in [-0.3, -0.25) is 4.98 Å². The molecule has 3 aromatic rings. The van der Waals surface area contributed by atoms with Gasteiger partial charge >= 0.3 is 0 Å². The molecule has 7 heteroatoms. The molecular formula is C13H6Cl2FN3S. The maximum atomic E-state index is 13.3. The Bertz CT molecular complexity index is 739. The summed E-state index contributed by atoms with van der Waals surface area (Å²) in [4.78, 5) is 13.1. The van der Waals surface area contributed by atoms with Crippen LogP contribution in [-0.4, -0.2) is 15.0 Å². The lowest BCUT2D eigenvalue weighted by atomic mass is 10.1. The molecule has 0 aliphatic heterocycles.